The Morgan fingerprint density at radius 1 is 1.29 bits per heavy atom. The van der Waals surface area contributed by atoms with Crippen LogP contribution in [-0.4, -0.2) is 64.3 Å². The summed E-state index contributed by atoms with van der Waals surface area (Å²) in [5, 5.41) is 6.86. The fourth-order valence-corrected chi connectivity index (χ4v) is 2.58. The summed E-state index contributed by atoms with van der Waals surface area (Å²) in [7, 11) is 3.62. The fraction of sp³-hybridized carbons (Fsp3) is 0.938. The Kier molecular flexibility index (Phi) is 9.42. The van der Waals surface area contributed by atoms with Gasteiger partial charge in [-0.1, -0.05) is 13.8 Å². The number of ether oxygens (including phenoxy) is 1. The summed E-state index contributed by atoms with van der Waals surface area (Å²) in [6, 6.07) is 0. The van der Waals surface area contributed by atoms with Gasteiger partial charge in [-0.2, -0.15) is 0 Å². The lowest BCUT2D eigenvalue weighted by atomic mass is 9.97. The lowest BCUT2D eigenvalue weighted by molar-refractivity contribution is 0.121. The first-order valence-electron chi connectivity index (χ1n) is 8.31. The van der Waals surface area contributed by atoms with Crippen molar-refractivity contribution >= 4 is 5.96 Å². The van der Waals surface area contributed by atoms with E-state index < -0.39 is 0 Å². The second-order valence-corrected chi connectivity index (χ2v) is 6.34. The molecule has 5 heteroatoms. The molecule has 1 fully saturated rings. The van der Waals surface area contributed by atoms with Crippen molar-refractivity contribution in [3.63, 3.8) is 0 Å². The molecule has 124 valence electrons. The van der Waals surface area contributed by atoms with Gasteiger partial charge in [0.2, 0.25) is 0 Å². The van der Waals surface area contributed by atoms with Crippen LogP contribution in [0.25, 0.3) is 0 Å². The van der Waals surface area contributed by atoms with Crippen LogP contribution in [0.5, 0.6) is 0 Å². The number of nitrogens with one attached hydrogen (secondary N) is 2. The van der Waals surface area contributed by atoms with Crippen LogP contribution in [-0.2, 0) is 4.74 Å². The minimum absolute atomic E-state index is 0.729. The zero-order chi connectivity index (χ0) is 15.5. The number of hydrogen-bond acceptors (Lipinski definition) is 3. The van der Waals surface area contributed by atoms with Gasteiger partial charge in [0.1, 0.15) is 0 Å². The molecule has 0 aromatic carbocycles. The standard InChI is InChI=1S/C16H34N4O/c1-14(2)5-8-18-16(17-3)19-13-15-6-9-20(10-7-15)11-12-21-4/h14-15H,5-13H2,1-4H3,(H2,17,18,19). The van der Waals surface area contributed by atoms with Crippen LogP contribution in [0.1, 0.15) is 33.1 Å². The van der Waals surface area contributed by atoms with Gasteiger partial charge in [-0.05, 0) is 44.2 Å². The summed E-state index contributed by atoms with van der Waals surface area (Å²) in [6.07, 6.45) is 3.71. The molecule has 0 radical (unpaired) electrons. The normalized spacial score (nSPS) is 18.2. The van der Waals surface area contributed by atoms with Crippen LogP contribution in [0, 0.1) is 11.8 Å². The lowest BCUT2D eigenvalue weighted by Crippen LogP contribution is -2.43. The maximum absolute atomic E-state index is 5.14. The van der Waals surface area contributed by atoms with Crippen LogP contribution in [0.15, 0.2) is 4.99 Å². The predicted octanol–water partition coefficient (Wildman–Crippen LogP) is 1.56. The van der Waals surface area contributed by atoms with E-state index >= 15 is 0 Å². The van der Waals surface area contributed by atoms with E-state index in [2.05, 4.69) is 34.4 Å². The second-order valence-electron chi connectivity index (χ2n) is 6.34. The predicted molar refractivity (Wildman–Crippen MR) is 89.9 cm³/mol. The summed E-state index contributed by atoms with van der Waals surface area (Å²) in [5.74, 6) is 2.43. The third-order valence-electron chi connectivity index (χ3n) is 4.11. The average molecular weight is 298 g/mol. The first-order valence-corrected chi connectivity index (χ1v) is 8.31. The van der Waals surface area contributed by atoms with Crippen molar-refractivity contribution in [2.45, 2.75) is 33.1 Å². The molecular formula is C16H34N4O. The molecule has 1 rings (SSSR count). The van der Waals surface area contributed by atoms with Crippen molar-refractivity contribution in [3.8, 4) is 0 Å². The third-order valence-corrected chi connectivity index (χ3v) is 4.11. The van der Waals surface area contributed by atoms with E-state index in [0.29, 0.717) is 0 Å². The summed E-state index contributed by atoms with van der Waals surface area (Å²) in [4.78, 5) is 6.79. The summed E-state index contributed by atoms with van der Waals surface area (Å²) in [5.41, 5.74) is 0. The van der Waals surface area contributed by atoms with Gasteiger partial charge in [0, 0.05) is 33.8 Å². The van der Waals surface area contributed by atoms with Gasteiger partial charge in [0.15, 0.2) is 5.96 Å². The van der Waals surface area contributed by atoms with E-state index in [-0.39, 0.29) is 0 Å². The maximum atomic E-state index is 5.14. The molecule has 0 saturated carbocycles. The molecular weight excluding hydrogens is 264 g/mol. The number of guanidine groups is 1. The van der Waals surface area contributed by atoms with Crippen LogP contribution >= 0.6 is 0 Å². The number of piperidine rings is 1. The molecule has 21 heavy (non-hydrogen) atoms. The van der Waals surface area contributed by atoms with Crippen molar-refractivity contribution in [2.24, 2.45) is 16.8 Å². The summed E-state index contributed by atoms with van der Waals surface area (Å²) in [6.45, 7) is 10.8. The third kappa shape index (κ3) is 8.27. The van der Waals surface area contributed by atoms with Crippen LogP contribution in [0.3, 0.4) is 0 Å². The van der Waals surface area contributed by atoms with Gasteiger partial charge in [-0.25, -0.2) is 0 Å². The molecule has 0 amide bonds. The minimum Gasteiger partial charge on any atom is -0.383 e. The topological polar surface area (TPSA) is 48.9 Å². The summed E-state index contributed by atoms with van der Waals surface area (Å²) >= 11 is 0. The second kappa shape index (κ2) is 10.9. The molecule has 0 aliphatic carbocycles. The van der Waals surface area contributed by atoms with E-state index in [9.17, 15) is 0 Å². The molecule has 0 atom stereocenters. The molecule has 0 unspecified atom stereocenters. The molecule has 1 saturated heterocycles. The first kappa shape index (κ1) is 18.2. The molecule has 1 aliphatic heterocycles. The zero-order valence-electron chi connectivity index (χ0n) is 14.3. The lowest BCUT2D eigenvalue weighted by Gasteiger charge is -2.32. The fourth-order valence-electron chi connectivity index (χ4n) is 2.58. The quantitative estimate of drug-likeness (QED) is 0.527. The van der Waals surface area contributed by atoms with Crippen molar-refractivity contribution in [1.29, 1.82) is 0 Å². The van der Waals surface area contributed by atoms with Gasteiger partial charge in [-0.15, -0.1) is 0 Å². The van der Waals surface area contributed by atoms with Crippen molar-refractivity contribution in [3.05, 3.63) is 0 Å². The van der Waals surface area contributed by atoms with Gasteiger partial charge in [0.25, 0.3) is 0 Å². The monoisotopic (exact) mass is 298 g/mol. The number of nitrogens with zero attached hydrogens (tertiary/aromatic N) is 2. The zero-order valence-corrected chi connectivity index (χ0v) is 14.3. The number of likely N-dealkylation sites (tertiary alicyclic amines) is 1. The molecule has 5 nitrogen and oxygen atoms in total. The maximum Gasteiger partial charge on any atom is 0.190 e. The van der Waals surface area contributed by atoms with E-state index in [1.165, 1.54) is 32.4 Å². The molecule has 0 bridgehead atoms. The van der Waals surface area contributed by atoms with Crippen molar-refractivity contribution in [1.82, 2.24) is 15.5 Å². The Hall–Kier alpha value is -0.810. The van der Waals surface area contributed by atoms with E-state index in [1.807, 2.05) is 7.05 Å². The molecule has 0 spiro atoms. The number of methoxy groups -OCH3 is 1. The minimum atomic E-state index is 0.729. The van der Waals surface area contributed by atoms with E-state index in [4.69, 9.17) is 4.74 Å². The Bertz CT molecular complexity index is 286. The highest BCUT2D eigenvalue weighted by Gasteiger charge is 2.18. The highest BCUT2D eigenvalue weighted by Crippen LogP contribution is 2.15. The summed E-state index contributed by atoms with van der Waals surface area (Å²) < 4.78 is 5.14. The average Bonchev–Trinajstić information content (AvgIpc) is 2.49. The Morgan fingerprint density at radius 2 is 2.00 bits per heavy atom. The van der Waals surface area contributed by atoms with E-state index in [1.54, 1.807) is 7.11 Å². The number of rotatable bonds is 8. The highest BCUT2D eigenvalue weighted by atomic mass is 16.5. The van der Waals surface area contributed by atoms with Crippen molar-refractivity contribution in [2.75, 3.05) is 53.5 Å². The largest absolute Gasteiger partial charge is 0.383 e. The van der Waals surface area contributed by atoms with Gasteiger partial charge in [0.05, 0.1) is 6.61 Å². The Labute approximate surface area is 130 Å². The molecule has 2 N–H and O–H groups in total. The van der Waals surface area contributed by atoms with Crippen LogP contribution in [0.4, 0.5) is 0 Å². The Morgan fingerprint density at radius 3 is 2.57 bits per heavy atom. The van der Waals surface area contributed by atoms with Gasteiger partial charge in [-0.3, -0.25) is 4.99 Å². The molecule has 0 aromatic heterocycles. The van der Waals surface area contributed by atoms with Gasteiger partial charge < -0.3 is 20.3 Å². The number of aliphatic imine (C=N–C) groups is 1. The first-order chi connectivity index (χ1) is 10.2. The number of hydrogen-bond donors (Lipinski definition) is 2. The van der Waals surface area contributed by atoms with Crippen LogP contribution in [0.2, 0.25) is 0 Å². The molecule has 1 aliphatic rings. The van der Waals surface area contributed by atoms with Crippen molar-refractivity contribution < 1.29 is 4.74 Å². The SMILES string of the molecule is CN=C(NCCC(C)C)NCC1CCN(CCOC)CC1. The molecule has 1 heterocycles. The van der Waals surface area contributed by atoms with Crippen LogP contribution < -0.4 is 10.6 Å². The highest BCUT2D eigenvalue weighted by molar-refractivity contribution is 5.79. The van der Waals surface area contributed by atoms with E-state index in [0.717, 1.165) is 44.0 Å². The smallest absolute Gasteiger partial charge is 0.190 e. The Balaban J connectivity index is 2.14. The molecule has 0 aromatic rings. The van der Waals surface area contributed by atoms with Gasteiger partial charge >= 0.3 is 0 Å².